The van der Waals surface area contributed by atoms with Gasteiger partial charge in [0.1, 0.15) is 5.84 Å². The number of piperidine rings is 1. The zero-order chi connectivity index (χ0) is 24.9. The summed E-state index contributed by atoms with van der Waals surface area (Å²) in [5.41, 5.74) is 7.00. The monoisotopic (exact) mass is 494 g/mol. The van der Waals surface area contributed by atoms with E-state index in [2.05, 4.69) is 5.32 Å². The summed E-state index contributed by atoms with van der Waals surface area (Å²) in [4.78, 5) is 15.4. The lowest BCUT2D eigenvalue weighted by atomic mass is 10.0. The molecule has 1 saturated heterocycles. The highest BCUT2D eigenvalue weighted by Gasteiger charge is 2.34. The number of rotatable bonds is 7. The Balaban J connectivity index is 1.74. The highest BCUT2D eigenvalue weighted by Crippen LogP contribution is 2.28. The number of benzene rings is 1. The summed E-state index contributed by atoms with van der Waals surface area (Å²) >= 11 is 0. The summed E-state index contributed by atoms with van der Waals surface area (Å²) in [6.07, 6.45) is 7.45. The molecule has 1 aromatic rings. The number of hydrogen-bond acceptors (Lipinski definition) is 5. The number of anilines is 1. The van der Waals surface area contributed by atoms with E-state index >= 15 is 0 Å². The first-order chi connectivity index (χ1) is 16.1. The van der Waals surface area contributed by atoms with Crippen molar-refractivity contribution in [2.75, 3.05) is 18.0 Å². The van der Waals surface area contributed by atoms with Crippen molar-refractivity contribution in [1.82, 2.24) is 14.7 Å². The van der Waals surface area contributed by atoms with Crippen molar-refractivity contribution in [2.24, 2.45) is 5.73 Å². The maximum absolute atomic E-state index is 13.6. The Labute approximate surface area is 202 Å². The van der Waals surface area contributed by atoms with E-state index in [0.29, 0.717) is 31.5 Å². The van der Waals surface area contributed by atoms with Gasteiger partial charge in [-0.2, -0.15) is 8.42 Å². The van der Waals surface area contributed by atoms with Gasteiger partial charge in [0.15, 0.2) is 0 Å². The number of urea groups is 1. The van der Waals surface area contributed by atoms with Crippen molar-refractivity contribution in [3.05, 3.63) is 29.8 Å². The topological polar surface area (TPSA) is 143 Å². The van der Waals surface area contributed by atoms with Crippen molar-refractivity contribution in [1.29, 1.82) is 5.41 Å². The number of carbonyl (C=O) groups is 1. The minimum absolute atomic E-state index is 0.0380. The molecule has 1 aromatic carbocycles. The molecule has 3 rings (SSSR count). The van der Waals surface area contributed by atoms with Gasteiger partial charge >= 0.3 is 16.3 Å². The second-order valence-corrected chi connectivity index (χ2v) is 10.8. The maximum atomic E-state index is 13.6. The van der Waals surface area contributed by atoms with Crippen molar-refractivity contribution < 1.29 is 17.8 Å². The molecule has 0 radical (unpaired) electrons. The van der Waals surface area contributed by atoms with E-state index in [1.807, 2.05) is 17.0 Å². The van der Waals surface area contributed by atoms with Gasteiger partial charge in [-0.1, -0.05) is 37.8 Å². The molecule has 1 saturated carbocycles. The van der Waals surface area contributed by atoms with Gasteiger partial charge in [0.05, 0.1) is 0 Å². The van der Waals surface area contributed by atoms with Crippen LogP contribution in [0.5, 0.6) is 0 Å². The fourth-order valence-corrected chi connectivity index (χ4v) is 6.01. The normalized spacial score (nSPS) is 19.2. The fraction of sp³-hybridized carbons (Fsp3) is 0.652. The molecule has 1 aliphatic carbocycles. The number of nitrogens with zero attached hydrogens (tertiary/aromatic N) is 3. The summed E-state index contributed by atoms with van der Waals surface area (Å²) in [6, 6.07) is 6.64. The molecular weight excluding hydrogens is 456 g/mol. The molecule has 2 amide bonds. The molecule has 1 aliphatic heterocycles. The lowest BCUT2D eigenvalue weighted by Crippen LogP contribution is -2.57. The van der Waals surface area contributed by atoms with Gasteiger partial charge in [-0.25, -0.2) is 9.80 Å². The van der Waals surface area contributed by atoms with Gasteiger partial charge in [-0.3, -0.25) is 14.9 Å². The van der Waals surface area contributed by atoms with Gasteiger partial charge in [-0.15, -0.1) is 4.41 Å². The maximum Gasteiger partial charge on any atom is 0.349 e. The molecule has 11 heteroatoms. The third-order valence-electron chi connectivity index (χ3n) is 6.60. The Kier molecular flexibility index (Phi) is 8.91. The van der Waals surface area contributed by atoms with Crippen LogP contribution in [0.2, 0.25) is 0 Å². The molecule has 0 unspecified atom stereocenters. The number of carbonyl (C=O) groups excluding carboxylic acids is 1. The largest absolute Gasteiger partial charge is 0.384 e. The van der Waals surface area contributed by atoms with Crippen LogP contribution in [0.3, 0.4) is 0 Å². The first kappa shape index (κ1) is 26.4. The number of hydrogen-bond donors (Lipinski definition) is 4. The second-order valence-electron chi connectivity index (χ2n) is 9.50. The average molecular weight is 495 g/mol. The van der Waals surface area contributed by atoms with Crippen LogP contribution in [0, 0.1) is 5.41 Å². The number of amides is 2. The first-order valence-electron chi connectivity index (χ1n) is 12.1. The van der Waals surface area contributed by atoms with E-state index in [0.717, 1.165) is 48.6 Å². The number of amidine groups is 1. The summed E-state index contributed by atoms with van der Waals surface area (Å²) < 4.78 is 34.2. The van der Waals surface area contributed by atoms with Gasteiger partial charge in [-0.05, 0) is 51.7 Å². The predicted octanol–water partition coefficient (Wildman–Crippen LogP) is 3.10. The lowest BCUT2D eigenvalue weighted by Gasteiger charge is -2.40. The highest BCUT2D eigenvalue weighted by molar-refractivity contribution is 7.83. The molecule has 190 valence electrons. The zero-order valence-electron chi connectivity index (χ0n) is 20.1. The minimum Gasteiger partial charge on any atom is -0.384 e. The molecular formula is C23H38N6O4S. The molecule has 10 nitrogen and oxygen atoms in total. The smallest absolute Gasteiger partial charge is 0.349 e. The van der Waals surface area contributed by atoms with Gasteiger partial charge in [0.2, 0.25) is 0 Å². The number of nitrogen functional groups attached to an aromatic ring is 1. The van der Waals surface area contributed by atoms with E-state index in [1.54, 1.807) is 31.0 Å². The molecule has 0 atom stereocenters. The molecule has 2 fully saturated rings. The van der Waals surface area contributed by atoms with Crippen molar-refractivity contribution >= 4 is 27.9 Å². The average Bonchev–Trinajstić information content (AvgIpc) is 3.03. The van der Waals surface area contributed by atoms with E-state index < -0.39 is 16.3 Å². The summed E-state index contributed by atoms with van der Waals surface area (Å²) in [5, 5.41) is 12.6. The number of nitrogens with one attached hydrogen (secondary N) is 2. The van der Waals surface area contributed by atoms with Crippen LogP contribution in [-0.2, 0) is 10.3 Å². The molecule has 2 aliphatic rings. The van der Waals surface area contributed by atoms with Gasteiger partial charge in [0, 0.05) is 42.5 Å². The van der Waals surface area contributed by atoms with E-state index in [4.69, 9.17) is 11.1 Å². The minimum atomic E-state index is -4.35. The van der Waals surface area contributed by atoms with Crippen molar-refractivity contribution in [3.8, 4) is 0 Å². The van der Waals surface area contributed by atoms with E-state index in [9.17, 15) is 17.8 Å². The molecule has 0 bridgehead atoms. The van der Waals surface area contributed by atoms with Crippen molar-refractivity contribution in [3.63, 3.8) is 0 Å². The molecule has 5 N–H and O–H groups in total. The van der Waals surface area contributed by atoms with Crippen LogP contribution in [0.25, 0.3) is 0 Å². The standard InChI is InChI=1S/C23H38N6O4S/c1-17(2)29(34(31,32)33)27-14-12-19(13-15-27)26-23(30)28(20-9-5-3-4-6-10-20)21-11-7-8-18(16-21)22(24)25/h7-8,11,16-17,19-20H,3-6,9-10,12-15H2,1-2H3,(H3,24,25)(H,26,30)(H,31,32,33). The van der Waals surface area contributed by atoms with Gasteiger partial charge < -0.3 is 11.1 Å². The number of nitrogens with two attached hydrogens (primary N) is 1. The van der Waals surface area contributed by atoms with Crippen LogP contribution in [-0.4, -0.2) is 65.5 Å². The van der Waals surface area contributed by atoms with Gasteiger partial charge in [0.25, 0.3) is 0 Å². The first-order valence-corrected chi connectivity index (χ1v) is 13.5. The molecule has 0 aromatic heterocycles. The second kappa shape index (κ2) is 11.5. The number of hydrazine groups is 1. The van der Waals surface area contributed by atoms with Crippen molar-refractivity contribution in [2.45, 2.75) is 83.3 Å². The highest BCUT2D eigenvalue weighted by atomic mass is 32.2. The predicted molar refractivity (Wildman–Crippen MR) is 133 cm³/mol. The zero-order valence-corrected chi connectivity index (χ0v) is 20.9. The summed E-state index contributed by atoms with van der Waals surface area (Å²) in [5.74, 6) is -0.0380. The Morgan fingerprint density at radius 3 is 2.29 bits per heavy atom. The SMILES string of the molecule is CC(C)N(N1CCC(NC(=O)N(c2cccc(C(=N)N)c2)C2CCCCCC2)CC1)S(=O)(=O)O. The van der Waals surface area contributed by atoms with E-state index in [1.165, 1.54) is 0 Å². The van der Waals surface area contributed by atoms with Crippen LogP contribution in [0.4, 0.5) is 10.5 Å². The summed E-state index contributed by atoms with van der Waals surface area (Å²) in [6.45, 7) is 4.24. The third kappa shape index (κ3) is 6.68. The van der Waals surface area contributed by atoms with E-state index in [-0.39, 0.29) is 24.0 Å². The lowest BCUT2D eigenvalue weighted by molar-refractivity contribution is 0.00178. The molecule has 0 spiro atoms. The van der Waals surface area contributed by atoms with Crippen LogP contribution in [0.1, 0.15) is 70.8 Å². The molecule has 34 heavy (non-hydrogen) atoms. The quantitative estimate of drug-likeness (QED) is 0.198. The Hall–Kier alpha value is -2.21. The Bertz CT molecular complexity index is 954. The molecule has 1 heterocycles. The van der Waals surface area contributed by atoms with Crippen LogP contribution in [0.15, 0.2) is 24.3 Å². The Morgan fingerprint density at radius 2 is 1.76 bits per heavy atom. The summed E-state index contributed by atoms with van der Waals surface area (Å²) in [7, 11) is -4.35. The fourth-order valence-electron chi connectivity index (χ4n) is 5.02. The van der Waals surface area contributed by atoms with Crippen LogP contribution < -0.4 is 16.0 Å². The third-order valence-corrected chi connectivity index (χ3v) is 7.73. The Morgan fingerprint density at radius 1 is 1.15 bits per heavy atom. The van der Waals surface area contributed by atoms with Crippen LogP contribution >= 0.6 is 0 Å².